The van der Waals surface area contributed by atoms with Crippen LogP contribution in [-0.2, 0) is 9.53 Å². The Bertz CT molecular complexity index is 1300. The smallest absolute Gasteiger partial charge is 0.334 e. The molecule has 4 nitrogen and oxygen atoms in total. The fourth-order valence-corrected chi connectivity index (χ4v) is 4.10. The molecule has 4 aromatic rings. The molecule has 6 heteroatoms. The molecule has 0 spiro atoms. The summed E-state index contributed by atoms with van der Waals surface area (Å²) >= 11 is 6.04. The third-order valence-electron chi connectivity index (χ3n) is 5.56. The van der Waals surface area contributed by atoms with E-state index in [9.17, 15) is 9.18 Å². The van der Waals surface area contributed by atoms with E-state index in [2.05, 4.69) is 6.58 Å². The van der Waals surface area contributed by atoms with Crippen molar-refractivity contribution in [2.24, 2.45) is 0 Å². The number of para-hydroxylation sites is 1. The maximum atomic E-state index is 13.5. The number of ether oxygens (including phenoxy) is 1. The first-order valence-electron chi connectivity index (χ1n) is 10.1. The van der Waals surface area contributed by atoms with Crippen LogP contribution in [0, 0.1) is 5.82 Å². The summed E-state index contributed by atoms with van der Waals surface area (Å²) in [6.07, 6.45) is -0.639. The Balaban J connectivity index is 1.64. The van der Waals surface area contributed by atoms with Crippen molar-refractivity contribution in [3.63, 3.8) is 0 Å². The van der Waals surface area contributed by atoms with E-state index in [1.165, 1.54) is 12.1 Å². The molecule has 0 bridgehead atoms. The van der Waals surface area contributed by atoms with Gasteiger partial charge in [-0.3, -0.25) is 0 Å². The second-order valence-electron chi connectivity index (χ2n) is 7.59. The third kappa shape index (κ3) is 3.61. The number of carbonyl (C=O) groups is 1. The largest absolute Gasteiger partial charge is 0.451 e. The van der Waals surface area contributed by atoms with Gasteiger partial charge in [0, 0.05) is 16.2 Å². The monoisotopic (exact) mass is 444 g/mol. The van der Waals surface area contributed by atoms with Crippen LogP contribution in [0.15, 0.2) is 97.1 Å². The number of nitrogens with zero attached hydrogens (tertiary/aromatic N) is 2. The van der Waals surface area contributed by atoms with Crippen LogP contribution in [-0.4, -0.2) is 15.7 Å². The number of hydrogen-bond acceptors (Lipinski definition) is 3. The molecule has 0 aliphatic carbocycles. The number of rotatable bonds is 4. The molecule has 3 aromatic carbocycles. The lowest BCUT2D eigenvalue weighted by atomic mass is 9.88. The van der Waals surface area contributed by atoms with Gasteiger partial charge >= 0.3 is 5.97 Å². The first kappa shape index (κ1) is 20.2. The Morgan fingerprint density at radius 1 is 0.969 bits per heavy atom. The molecule has 32 heavy (non-hydrogen) atoms. The molecular formula is C26H18ClFN2O2. The molecular weight excluding hydrogens is 427 g/mol. The predicted molar refractivity (Wildman–Crippen MR) is 121 cm³/mol. The second-order valence-corrected chi connectivity index (χ2v) is 8.03. The van der Waals surface area contributed by atoms with E-state index < -0.39 is 12.1 Å². The molecule has 1 aromatic heterocycles. The van der Waals surface area contributed by atoms with Crippen LogP contribution in [0.5, 0.6) is 0 Å². The molecule has 2 unspecified atom stereocenters. The minimum Gasteiger partial charge on any atom is -0.451 e. The number of cyclic esters (lactones) is 1. The van der Waals surface area contributed by atoms with Crippen molar-refractivity contribution in [2.45, 2.75) is 12.0 Å². The summed E-state index contributed by atoms with van der Waals surface area (Å²) in [5.74, 6) is -1.16. The molecule has 1 saturated heterocycles. The van der Waals surface area contributed by atoms with Crippen molar-refractivity contribution in [2.75, 3.05) is 0 Å². The lowest BCUT2D eigenvalue weighted by Gasteiger charge is -2.16. The highest BCUT2D eigenvalue weighted by Gasteiger charge is 2.42. The summed E-state index contributed by atoms with van der Waals surface area (Å²) in [5.41, 5.74) is 4.21. The van der Waals surface area contributed by atoms with E-state index in [1.54, 1.807) is 28.9 Å². The lowest BCUT2D eigenvalue weighted by molar-refractivity contribution is -0.139. The topological polar surface area (TPSA) is 44.1 Å². The third-order valence-corrected chi connectivity index (χ3v) is 5.82. The normalized spacial score (nSPS) is 18.1. The van der Waals surface area contributed by atoms with Crippen molar-refractivity contribution >= 4 is 17.6 Å². The quantitative estimate of drug-likeness (QED) is 0.275. The van der Waals surface area contributed by atoms with Gasteiger partial charge in [0.1, 0.15) is 11.5 Å². The highest BCUT2D eigenvalue weighted by atomic mass is 35.5. The molecule has 0 saturated carbocycles. The Morgan fingerprint density at radius 2 is 1.66 bits per heavy atom. The summed E-state index contributed by atoms with van der Waals surface area (Å²) in [7, 11) is 0. The van der Waals surface area contributed by atoms with Gasteiger partial charge < -0.3 is 4.74 Å². The Labute approximate surface area is 189 Å². The minimum absolute atomic E-state index is 0.316. The van der Waals surface area contributed by atoms with Crippen LogP contribution in [0.1, 0.15) is 23.3 Å². The van der Waals surface area contributed by atoms with Gasteiger partial charge in [0.25, 0.3) is 0 Å². The average Bonchev–Trinajstić information content (AvgIpc) is 3.37. The molecule has 0 radical (unpaired) electrons. The first-order chi connectivity index (χ1) is 15.5. The lowest BCUT2D eigenvalue weighted by Crippen LogP contribution is -2.08. The number of benzene rings is 3. The van der Waals surface area contributed by atoms with E-state index in [1.807, 2.05) is 48.5 Å². The fourth-order valence-electron chi connectivity index (χ4n) is 3.98. The van der Waals surface area contributed by atoms with Gasteiger partial charge in [0.15, 0.2) is 6.10 Å². The molecule has 158 valence electrons. The zero-order valence-electron chi connectivity index (χ0n) is 16.9. The maximum absolute atomic E-state index is 13.5. The van der Waals surface area contributed by atoms with Crippen molar-refractivity contribution in [1.82, 2.24) is 9.78 Å². The van der Waals surface area contributed by atoms with Crippen LogP contribution >= 0.6 is 11.6 Å². The van der Waals surface area contributed by atoms with E-state index in [0.29, 0.717) is 16.3 Å². The van der Waals surface area contributed by atoms with E-state index in [0.717, 1.165) is 22.5 Å². The van der Waals surface area contributed by atoms with Crippen LogP contribution < -0.4 is 0 Å². The number of carbonyl (C=O) groups excluding carboxylic acids is 1. The molecule has 1 aliphatic rings. The average molecular weight is 445 g/mol. The molecule has 5 rings (SSSR count). The molecule has 0 N–H and O–H groups in total. The van der Waals surface area contributed by atoms with Crippen LogP contribution in [0.4, 0.5) is 4.39 Å². The molecule has 0 amide bonds. The van der Waals surface area contributed by atoms with E-state index in [-0.39, 0.29) is 11.7 Å². The summed E-state index contributed by atoms with van der Waals surface area (Å²) in [5, 5.41) is 5.41. The highest BCUT2D eigenvalue weighted by molar-refractivity contribution is 6.30. The van der Waals surface area contributed by atoms with E-state index >= 15 is 0 Å². The van der Waals surface area contributed by atoms with Gasteiger partial charge in [0.2, 0.25) is 0 Å². The van der Waals surface area contributed by atoms with Gasteiger partial charge in [-0.2, -0.15) is 5.10 Å². The van der Waals surface area contributed by atoms with Gasteiger partial charge in [-0.15, -0.1) is 0 Å². The second kappa shape index (κ2) is 8.09. The predicted octanol–water partition coefficient (Wildman–Crippen LogP) is 6.27. The fraction of sp³-hybridized carbons (Fsp3) is 0.0769. The van der Waals surface area contributed by atoms with Gasteiger partial charge in [-0.05, 0) is 60.2 Å². The number of hydrogen-bond donors (Lipinski definition) is 0. The summed E-state index contributed by atoms with van der Waals surface area (Å²) in [6.45, 7) is 3.96. The Morgan fingerprint density at radius 3 is 2.34 bits per heavy atom. The van der Waals surface area contributed by atoms with Gasteiger partial charge in [0.05, 0.1) is 17.3 Å². The number of aromatic nitrogens is 2. The van der Waals surface area contributed by atoms with Gasteiger partial charge in [-0.1, -0.05) is 48.5 Å². The summed E-state index contributed by atoms with van der Waals surface area (Å²) in [6, 6.07) is 25.0. The summed E-state index contributed by atoms with van der Waals surface area (Å²) < 4.78 is 21.0. The first-order valence-corrected chi connectivity index (χ1v) is 10.5. The van der Waals surface area contributed by atoms with Crippen LogP contribution in [0.2, 0.25) is 5.02 Å². The maximum Gasteiger partial charge on any atom is 0.334 e. The Kier molecular flexibility index (Phi) is 5.11. The Hall–Kier alpha value is -3.70. The van der Waals surface area contributed by atoms with Crippen molar-refractivity contribution in [3.05, 3.63) is 119 Å². The van der Waals surface area contributed by atoms with Crippen LogP contribution in [0.3, 0.4) is 0 Å². The minimum atomic E-state index is -0.639. The molecule has 2 heterocycles. The van der Waals surface area contributed by atoms with Gasteiger partial charge in [-0.25, -0.2) is 13.9 Å². The van der Waals surface area contributed by atoms with E-state index in [4.69, 9.17) is 21.4 Å². The highest BCUT2D eigenvalue weighted by Crippen LogP contribution is 2.45. The van der Waals surface area contributed by atoms with Crippen molar-refractivity contribution in [1.29, 1.82) is 0 Å². The zero-order chi connectivity index (χ0) is 22.2. The standard InChI is InChI=1S/C26H18ClFN2O2/c1-16-24(18-7-11-19(27)12-8-18)25(32-26(16)31)22-15-23(17-9-13-20(28)14-10-17)30(29-22)21-5-3-2-4-6-21/h2-15,24-25H,1H2. The van der Waals surface area contributed by atoms with Crippen molar-refractivity contribution in [3.8, 4) is 16.9 Å². The molecule has 1 aliphatic heterocycles. The molecule has 1 fully saturated rings. The zero-order valence-corrected chi connectivity index (χ0v) is 17.7. The molecule has 2 atom stereocenters. The van der Waals surface area contributed by atoms with Crippen LogP contribution in [0.25, 0.3) is 16.9 Å². The van der Waals surface area contributed by atoms with Crippen molar-refractivity contribution < 1.29 is 13.9 Å². The number of halogens is 2. The summed E-state index contributed by atoms with van der Waals surface area (Å²) in [4.78, 5) is 12.5. The number of esters is 1. The SMILES string of the molecule is C=C1C(=O)OC(c2cc(-c3ccc(F)cc3)n(-c3ccccc3)n2)C1c1ccc(Cl)cc1.